The van der Waals surface area contributed by atoms with Crippen molar-refractivity contribution in [1.29, 1.82) is 0 Å². The lowest BCUT2D eigenvalue weighted by atomic mass is 9.72. The number of phenols is 1. The zero-order valence-corrected chi connectivity index (χ0v) is 11.0. The van der Waals surface area contributed by atoms with Crippen molar-refractivity contribution in [1.82, 2.24) is 0 Å². The van der Waals surface area contributed by atoms with Crippen LogP contribution in [0, 0.1) is 5.41 Å². The van der Waals surface area contributed by atoms with Crippen LogP contribution in [0.4, 0.5) is 5.69 Å². The van der Waals surface area contributed by atoms with E-state index in [2.05, 4.69) is 34.6 Å². The van der Waals surface area contributed by atoms with Crippen molar-refractivity contribution in [2.75, 3.05) is 5.73 Å². The second-order valence-electron chi connectivity index (χ2n) is 6.36. The molecule has 0 bridgehead atoms. The molecular weight excluding hydrogens is 198 g/mol. The molecule has 0 saturated carbocycles. The first-order valence-electron chi connectivity index (χ1n) is 5.71. The Balaban J connectivity index is 3.12. The van der Waals surface area contributed by atoms with Gasteiger partial charge in [0.15, 0.2) is 0 Å². The van der Waals surface area contributed by atoms with E-state index in [1.807, 2.05) is 12.1 Å². The van der Waals surface area contributed by atoms with Gasteiger partial charge in [0.1, 0.15) is 5.75 Å². The molecule has 0 atom stereocenters. The molecule has 2 heteroatoms. The van der Waals surface area contributed by atoms with Crippen molar-refractivity contribution >= 4 is 5.69 Å². The van der Waals surface area contributed by atoms with Crippen LogP contribution in [-0.2, 0) is 5.41 Å². The molecule has 2 nitrogen and oxygen atoms in total. The van der Waals surface area contributed by atoms with E-state index in [-0.39, 0.29) is 16.6 Å². The molecule has 0 radical (unpaired) electrons. The number of hydrogen-bond acceptors (Lipinski definition) is 2. The Morgan fingerprint density at radius 3 is 2.19 bits per heavy atom. The quantitative estimate of drug-likeness (QED) is 0.591. The number of anilines is 1. The predicted octanol–water partition coefficient (Wildman–Crippen LogP) is 3.69. The number of nitrogens with two attached hydrogens (primary N) is 1. The number of aromatic hydroxyl groups is 1. The number of para-hydroxylation sites is 1. The third-order valence-corrected chi connectivity index (χ3v) is 2.78. The number of rotatable bonds is 2. The minimum atomic E-state index is -0.0267. The molecule has 1 aromatic rings. The molecule has 16 heavy (non-hydrogen) atoms. The highest BCUT2D eigenvalue weighted by Gasteiger charge is 2.29. The molecule has 0 spiro atoms. The predicted molar refractivity (Wildman–Crippen MR) is 69.6 cm³/mol. The molecule has 0 fully saturated rings. The van der Waals surface area contributed by atoms with E-state index in [9.17, 15) is 5.11 Å². The molecule has 0 aliphatic heterocycles. The monoisotopic (exact) mass is 221 g/mol. The average Bonchev–Trinajstić information content (AvgIpc) is 2.05. The summed E-state index contributed by atoms with van der Waals surface area (Å²) in [4.78, 5) is 0. The lowest BCUT2D eigenvalue weighted by Crippen LogP contribution is -2.25. The van der Waals surface area contributed by atoms with Crippen LogP contribution in [0.5, 0.6) is 5.75 Å². The Hall–Kier alpha value is -1.18. The van der Waals surface area contributed by atoms with E-state index in [4.69, 9.17) is 5.73 Å². The Morgan fingerprint density at radius 1 is 1.12 bits per heavy atom. The first-order valence-corrected chi connectivity index (χ1v) is 5.71. The number of hydrogen-bond donors (Lipinski definition) is 2. The van der Waals surface area contributed by atoms with Crippen LogP contribution in [0.1, 0.15) is 46.6 Å². The van der Waals surface area contributed by atoms with Gasteiger partial charge >= 0.3 is 0 Å². The average molecular weight is 221 g/mol. The van der Waals surface area contributed by atoms with Crippen molar-refractivity contribution in [2.24, 2.45) is 5.41 Å². The van der Waals surface area contributed by atoms with Gasteiger partial charge in [-0.1, -0.05) is 46.8 Å². The van der Waals surface area contributed by atoms with Crippen LogP contribution in [0.15, 0.2) is 18.2 Å². The fourth-order valence-corrected chi connectivity index (χ4v) is 2.56. The highest BCUT2D eigenvalue weighted by Crippen LogP contribution is 2.40. The van der Waals surface area contributed by atoms with Crippen LogP contribution >= 0.6 is 0 Å². The van der Waals surface area contributed by atoms with Gasteiger partial charge in [-0.3, -0.25) is 0 Å². The summed E-state index contributed by atoms with van der Waals surface area (Å²) in [6, 6.07) is 5.48. The minimum absolute atomic E-state index is 0.0267. The van der Waals surface area contributed by atoms with Crippen LogP contribution in [0.2, 0.25) is 0 Å². The van der Waals surface area contributed by atoms with Crippen LogP contribution < -0.4 is 5.73 Å². The zero-order chi connectivity index (χ0) is 12.6. The Morgan fingerprint density at radius 2 is 1.69 bits per heavy atom. The SMILES string of the molecule is CC(C)(C)CC(C)(C)c1cccc(O)c1N. The van der Waals surface area contributed by atoms with Crippen LogP contribution in [0.25, 0.3) is 0 Å². The maximum Gasteiger partial charge on any atom is 0.138 e. The largest absolute Gasteiger partial charge is 0.506 e. The number of benzene rings is 1. The van der Waals surface area contributed by atoms with E-state index in [1.165, 1.54) is 0 Å². The van der Waals surface area contributed by atoms with Crippen LogP contribution in [0.3, 0.4) is 0 Å². The van der Waals surface area contributed by atoms with Crippen molar-refractivity contribution in [3.05, 3.63) is 23.8 Å². The fourth-order valence-electron chi connectivity index (χ4n) is 2.56. The van der Waals surface area contributed by atoms with Crippen molar-refractivity contribution in [3.8, 4) is 5.75 Å². The first kappa shape index (κ1) is 12.9. The highest BCUT2D eigenvalue weighted by molar-refractivity contribution is 5.60. The molecule has 0 aromatic heterocycles. The summed E-state index contributed by atoms with van der Waals surface area (Å²) in [7, 11) is 0. The molecule has 90 valence electrons. The normalized spacial score (nSPS) is 12.8. The van der Waals surface area contributed by atoms with Crippen molar-refractivity contribution in [2.45, 2.75) is 46.5 Å². The number of phenolic OH excluding ortho intramolecular Hbond substituents is 1. The topological polar surface area (TPSA) is 46.2 Å². The van der Waals surface area contributed by atoms with Crippen molar-refractivity contribution in [3.63, 3.8) is 0 Å². The van der Waals surface area contributed by atoms with Gasteiger partial charge in [0, 0.05) is 0 Å². The maximum absolute atomic E-state index is 9.64. The fraction of sp³-hybridized carbons (Fsp3) is 0.571. The zero-order valence-electron chi connectivity index (χ0n) is 11.0. The van der Waals surface area contributed by atoms with Gasteiger partial charge in [0.2, 0.25) is 0 Å². The van der Waals surface area contributed by atoms with Gasteiger partial charge in [0.05, 0.1) is 5.69 Å². The van der Waals surface area contributed by atoms with Gasteiger partial charge < -0.3 is 10.8 Å². The molecule has 3 N–H and O–H groups in total. The lowest BCUT2D eigenvalue weighted by Gasteiger charge is -2.33. The lowest BCUT2D eigenvalue weighted by molar-refractivity contribution is 0.284. The molecule has 0 saturated heterocycles. The molecule has 0 amide bonds. The third kappa shape index (κ3) is 2.91. The molecular formula is C14H23NO. The van der Waals surface area contributed by atoms with E-state index in [0.29, 0.717) is 5.69 Å². The second-order valence-corrected chi connectivity index (χ2v) is 6.36. The first-order chi connectivity index (χ1) is 7.13. The van der Waals surface area contributed by atoms with Gasteiger partial charge in [-0.25, -0.2) is 0 Å². The minimum Gasteiger partial charge on any atom is -0.506 e. The van der Waals surface area contributed by atoms with Gasteiger partial charge in [0.25, 0.3) is 0 Å². The molecule has 0 aliphatic carbocycles. The van der Waals surface area contributed by atoms with Crippen LogP contribution in [-0.4, -0.2) is 5.11 Å². The highest BCUT2D eigenvalue weighted by atomic mass is 16.3. The van der Waals surface area contributed by atoms with Gasteiger partial charge in [-0.05, 0) is 28.9 Å². The van der Waals surface area contributed by atoms with E-state index < -0.39 is 0 Å². The van der Waals surface area contributed by atoms with E-state index >= 15 is 0 Å². The summed E-state index contributed by atoms with van der Waals surface area (Å²) in [6.07, 6.45) is 1.02. The van der Waals surface area contributed by atoms with E-state index in [0.717, 1.165) is 12.0 Å². The summed E-state index contributed by atoms with van der Waals surface area (Å²) in [5, 5.41) is 9.64. The van der Waals surface area contributed by atoms with Gasteiger partial charge in [-0.2, -0.15) is 0 Å². The third-order valence-electron chi connectivity index (χ3n) is 2.78. The maximum atomic E-state index is 9.64. The van der Waals surface area contributed by atoms with Crippen molar-refractivity contribution < 1.29 is 5.11 Å². The number of nitrogen functional groups attached to an aromatic ring is 1. The summed E-state index contributed by atoms with van der Waals surface area (Å²) in [5.41, 5.74) is 7.69. The van der Waals surface area contributed by atoms with Gasteiger partial charge in [-0.15, -0.1) is 0 Å². The molecule has 0 heterocycles. The standard InChI is InChI=1S/C14H23NO/c1-13(2,3)9-14(4,5)10-7-6-8-11(16)12(10)15/h6-8,16H,9,15H2,1-5H3. The Bertz CT molecular complexity index is 375. The van der Waals surface area contributed by atoms with E-state index in [1.54, 1.807) is 6.07 Å². The second kappa shape index (κ2) is 4.00. The molecule has 1 rings (SSSR count). The smallest absolute Gasteiger partial charge is 0.138 e. The summed E-state index contributed by atoms with van der Waals surface area (Å²) < 4.78 is 0. The Labute approximate surface area is 98.5 Å². The molecule has 0 unspecified atom stereocenters. The molecule has 1 aromatic carbocycles. The Kier molecular flexibility index (Phi) is 3.22. The molecule has 0 aliphatic rings. The summed E-state index contributed by atoms with van der Waals surface area (Å²) in [6.45, 7) is 11.0. The summed E-state index contributed by atoms with van der Waals surface area (Å²) in [5.74, 6) is 0.180. The summed E-state index contributed by atoms with van der Waals surface area (Å²) >= 11 is 0.